The molecule has 3 aromatic rings. The molecule has 3 heterocycles. The largest absolute Gasteiger partial charge is 0.513 e. The van der Waals surface area contributed by atoms with Crippen LogP contribution in [0.3, 0.4) is 0 Å². The summed E-state index contributed by atoms with van der Waals surface area (Å²) in [6, 6.07) is 4.79. The van der Waals surface area contributed by atoms with E-state index >= 15 is 0 Å². The summed E-state index contributed by atoms with van der Waals surface area (Å²) >= 11 is 0. The number of aromatic nitrogens is 2. The molecule has 1 saturated carbocycles. The van der Waals surface area contributed by atoms with Crippen molar-refractivity contribution in [3.05, 3.63) is 34.7 Å². The number of rotatable bonds is 8. The van der Waals surface area contributed by atoms with Crippen LogP contribution in [-0.4, -0.2) is 60.6 Å². The maximum Gasteiger partial charge on any atom is 0.513 e. The number of hydrogen-bond acceptors (Lipinski definition) is 7. The topological polar surface area (TPSA) is 134 Å². The molecule has 5 rings (SSSR count). The molecule has 1 saturated heterocycles. The first-order valence-corrected chi connectivity index (χ1v) is 13.1. The van der Waals surface area contributed by atoms with Gasteiger partial charge in [-0.25, -0.2) is 13.2 Å². The summed E-state index contributed by atoms with van der Waals surface area (Å²) < 4.78 is 39.3. The van der Waals surface area contributed by atoms with Crippen molar-refractivity contribution in [1.29, 1.82) is 0 Å². The van der Waals surface area contributed by atoms with Gasteiger partial charge < -0.3 is 24.8 Å². The summed E-state index contributed by atoms with van der Waals surface area (Å²) in [5, 5.41) is 4.18. The molecule has 190 valence electrons. The molecule has 10 nitrogen and oxygen atoms in total. The normalized spacial score (nSPS) is 18.2. The van der Waals surface area contributed by atoms with E-state index in [1.165, 1.54) is 12.3 Å². The molecule has 0 amide bonds. The zero-order chi connectivity index (χ0) is 23.9. The van der Waals surface area contributed by atoms with Gasteiger partial charge in [-0.1, -0.05) is 6.92 Å². The number of pyridine rings is 1. The van der Waals surface area contributed by atoms with Crippen LogP contribution in [0.1, 0.15) is 39.0 Å². The number of nitrogens with one attached hydrogen (secondary N) is 3. The average Bonchev–Trinajstić information content (AvgIpc) is 3.34. The summed E-state index contributed by atoms with van der Waals surface area (Å²) in [5.41, 5.74) is 0.231. The smallest absolute Gasteiger partial charge is 0.434 e. The highest BCUT2D eigenvalue weighted by atomic mass is 35.5. The second kappa shape index (κ2) is 10.2. The number of hydrogen-bond donors (Lipinski definition) is 3. The van der Waals surface area contributed by atoms with Gasteiger partial charge in [0.2, 0.25) is 10.0 Å². The molecule has 2 aliphatic rings. The summed E-state index contributed by atoms with van der Waals surface area (Å²) in [4.78, 5) is 30.3. The van der Waals surface area contributed by atoms with Crippen LogP contribution in [0.4, 0.5) is 4.79 Å². The lowest BCUT2D eigenvalue weighted by atomic mass is 10.1. The third kappa shape index (κ3) is 5.04. The Hall–Kier alpha value is -2.60. The number of H-pyrrole nitrogens is 2. The molecule has 1 aliphatic carbocycles. The number of halogens is 1. The zero-order valence-electron chi connectivity index (χ0n) is 19.3. The highest BCUT2D eigenvalue weighted by Crippen LogP contribution is 2.36. The van der Waals surface area contributed by atoms with Crippen molar-refractivity contribution in [3.63, 3.8) is 0 Å². The summed E-state index contributed by atoms with van der Waals surface area (Å²) in [7, 11) is -3.77. The fourth-order valence-corrected chi connectivity index (χ4v) is 6.25. The predicted molar refractivity (Wildman–Crippen MR) is 134 cm³/mol. The molecule has 0 bridgehead atoms. The third-order valence-corrected chi connectivity index (χ3v) is 8.23. The SMILES string of the molecule is CCCOC(=O)Oc1c[nH]c2c(=O)[nH]c3ccc(S(=O)(=O)N(C[C@H]4CCCN4)C4CC4)cc3c12.Cl. The Morgan fingerprint density at radius 2 is 2.03 bits per heavy atom. The van der Waals surface area contributed by atoms with Gasteiger partial charge in [-0.15, -0.1) is 12.4 Å². The highest BCUT2D eigenvalue weighted by Gasteiger charge is 2.39. The van der Waals surface area contributed by atoms with Crippen LogP contribution in [0.2, 0.25) is 0 Å². The first-order chi connectivity index (χ1) is 16.4. The molecule has 2 fully saturated rings. The average molecular weight is 525 g/mol. The molecule has 1 aliphatic heterocycles. The van der Waals surface area contributed by atoms with E-state index in [2.05, 4.69) is 15.3 Å². The first kappa shape index (κ1) is 25.5. The molecule has 1 aromatic carbocycles. The van der Waals surface area contributed by atoms with Gasteiger partial charge >= 0.3 is 6.16 Å². The number of carbonyl (C=O) groups excluding carboxylic acids is 1. The maximum absolute atomic E-state index is 13.7. The van der Waals surface area contributed by atoms with Crippen molar-refractivity contribution < 1.29 is 22.7 Å². The van der Waals surface area contributed by atoms with E-state index in [-0.39, 0.29) is 47.3 Å². The van der Waals surface area contributed by atoms with Gasteiger partial charge in [0.1, 0.15) is 5.52 Å². The Labute approximate surface area is 208 Å². The van der Waals surface area contributed by atoms with E-state index in [1.54, 1.807) is 16.4 Å². The number of carbonyl (C=O) groups is 1. The molecular formula is C23H29ClN4O6S. The Bertz CT molecular complexity index is 1390. The van der Waals surface area contributed by atoms with Crippen LogP contribution < -0.4 is 15.6 Å². The number of fused-ring (bicyclic) bond motifs is 3. The van der Waals surface area contributed by atoms with Crippen molar-refractivity contribution >= 4 is 50.4 Å². The number of nitrogens with zero attached hydrogens (tertiary/aromatic N) is 1. The van der Waals surface area contributed by atoms with E-state index in [0.29, 0.717) is 29.3 Å². The Morgan fingerprint density at radius 3 is 2.71 bits per heavy atom. The van der Waals surface area contributed by atoms with Gasteiger partial charge in [-0.3, -0.25) is 4.79 Å². The van der Waals surface area contributed by atoms with E-state index in [0.717, 1.165) is 32.2 Å². The minimum absolute atomic E-state index is 0. The lowest BCUT2D eigenvalue weighted by Gasteiger charge is -2.25. The van der Waals surface area contributed by atoms with Crippen LogP contribution in [0.5, 0.6) is 5.75 Å². The van der Waals surface area contributed by atoms with Crippen LogP contribution >= 0.6 is 12.4 Å². The molecule has 0 radical (unpaired) electrons. The lowest BCUT2D eigenvalue weighted by molar-refractivity contribution is 0.0997. The van der Waals surface area contributed by atoms with Crippen LogP contribution in [0.15, 0.2) is 34.1 Å². The maximum atomic E-state index is 13.7. The number of sulfonamides is 1. The molecule has 0 spiro atoms. The molecule has 12 heteroatoms. The van der Waals surface area contributed by atoms with E-state index < -0.39 is 21.7 Å². The van der Waals surface area contributed by atoms with Crippen molar-refractivity contribution in [2.75, 3.05) is 19.7 Å². The van der Waals surface area contributed by atoms with E-state index in [1.807, 2.05) is 6.92 Å². The van der Waals surface area contributed by atoms with Gasteiger partial charge in [0, 0.05) is 35.7 Å². The third-order valence-electron chi connectivity index (χ3n) is 6.32. The minimum atomic E-state index is -3.77. The molecule has 35 heavy (non-hydrogen) atoms. The number of aromatic amines is 2. The van der Waals surface area contributed by atoms with Crippen LogP contribution in [0, 0.1) is 0 Å². The molecular weight excluding hydrogens is 496 g/mol. The second-order valence-corrected chi connectivity index (χ2v) is 10.8. The number of benzene rings is 1. The summed E-state index contributed by atoms with van der Waals surface area (Å²) in [6.45, 7) is 3.41. The standard InChI is InChI=1S/C23H28N4O6S.ClH/c1-2-10-32-23(29)33-19-12-25-21-20(19)17-11-16(7-8-18(17)26-22(21)28)34(30,31)27(15-5-6-15)13-14-4-3-9-24-14;/h7-8,11-12,14-15,24-25H,2-6,9-10,13H2,1H3,(H,26,28);1H/t14-;/m1./s1. The lowest BCUT2D eigenvalue weighted by Crippen LogP contribution is -2.42. The van der Waals surface area contributed by atoms with Gasteiger partial charge in [0.25, 0.3) is 5.56 Å². The monoisotopic (exact) mass is 524 g/mol. The second-order valence-electron chi connectivity index (χ2n) is 8.86. The van der Waals surface area contributed by atoms with Crippen LogP contribution in [0.25, 0.3) is 21.8 Å². The van der Waals surface area contributed by atoms with Crippen molar-refractivity contribution in [2.45, 2.75) is 56.0 Å². The fraction of sp³-hybridized carbons (Fsp3) is 0.478. The highest BCUT2D eigenvalue weighted by molar-refractivity contribution is 7.89. The molecule has 2 aromatic heterocycles. The van der Waals surface area contributed by atoms with Crippen molar-refractivity contribution in [3.8, 4) is 5.75 Å². The first-order valence-electron chi connectivity index (χ1n) is 11.7. The fourth-order valence-electron chi connectivity index (χ4n) is 4.49. The Kier molecular flexibility index (Phi) is 7.41. The Balaban J connectivity index is 0.00000289. The quantitative estimate of drug-likeness (QED) is 0.385. The number of ether oxygens (including phenoxy) is 2. The van der Waals surface area contributed by atoms with Gasteiger partial charge in [0.05, 0.1) is 16.9 Å². The van der Waals surface area contributed by atoms with Crippen molar-refractivity contribution in [2.24, 2.45) is 0 Å². The van der Waals surface area contributed by atoms with Crippen LogP contribution in [-0.2, 0) is 14.8 Å². The molecule has 0 unspecified atom stereocenters. The molecule has 1 atom stereocenters. The minimum Gasteiger partial charge on any atom is -0.434 e. The zero-order valence-corrected chi connectivity index (χ0v) is 21.0. The van der Waals surface area contributed by atoms with Crippen molar-refractivity contribution in [1.82, 2.24) is 19.6 Å². The molecule has 3 N–H and O–H groups in total. The van der Waals surface area contributed by atoms with E-state index in [9.17, 15) is 18.0 Å². The Morgan fingerprint density at radius 1 is 1.23 bits per heavy atom. The summed E-state index contributed by atoms with van der Waals surface area (Å²) in [5.74, 6) is 0.107. The summed E-state index contributed by atoms with van der Waals surface area (Å²) in [6.07, 6.45) is 4.86. The van der Waals surface area contributed by atoms with Gasteiger partial charge in [-0.05, 0) is 56.8 Å². The van der Waals surface area contributed by atoms with Gasteiger partial charge in [-0.2, -0.15) is 4.31 Å². The predicted octanol–water partition coefficient (Wildman–Crippen LogP) is 3.26. The van der Waals surface area contributed by atoms with E-state index in [4.69, 9.17) is 9.47 Å². The van der Waals surface area contributed by atoms with Gasteiger partial charge in [0.15, 0.2) is 5.75 Å².